The van der Waals surface area contributed by atoms with Crippen molar-refractivity contribution in [1.29, 1.82) is 0 Å². The van der Waals surface area contributed by atoms with Crippen molar-refractivity contribution in [3.8, 4) is 0 Å². The van der Waals surface area contributed by atoms with Crippen LogP contribution in [0.3, 0.4) is 0 Å². The van der Waals surface area contributed by atoms with Gasteiger partial charge in [0.25, 0.3) is 0 Å². The van der Waals surface area contributed by atoms with Crippen molar-refractivity contribution in [3.05, 3.63) is 35.9 Å². The van der Waals surface area contributed by atoms with E-state index >= 15 is 0 Å². The lowest BCUT2D eigenvalue weighted by Crippen LogP contribution is -2.26. The van der Waals surface area contributed by atoms with Crippen molar-refractivity contribution in [1.82, 2.24) is 5.32 Å². The summed E-state index contributed by atoms with van der Waals surface area (Å²) in [5, 5.41) is 3.63. The summed E-state index contributed by atoms with van der Waals surface area (Å²) in [5.41, 5.74) is 2.25. The first-order valence-electron chi connectivity index (χ1n) is 7.11. The Morgan fingerprint density at radius 3 is 2.65 bits per heavy atom. The molecule has 1 nitrogen and oxygen atoms in total. The van der Waals surface area contributed by atoms with E-state index in [4.69, 9.17) is 0 Å². The molecular formula is C16H23N. The molecule has 2 atom stereocenters. The Balaban J connectivity index is 1.57. The first-order chi connectivity index (χ1) is 8.36. The van der Waals surface area contributed by atoms with Gasteiger partial charge >= 0.3 is 0 Å². The third-order valence-corrected chi connectivity index (χ3v) is 4.60. The van der Waals surface area contributed by atoms with E-state index < -0.39 is 0 Å². The minimum absolute atomic E-state index is 0.676. The Morgan fingerprint density at radius 2 is 2.00 bits per heavy atom. The fourth-order valence-corrected chi connectivity index (χ4v) is 3.29. The summed E-state index contributed by atoms with van der Waals surface area (Å²) in [6, 6.07) is 11.1. The van der Waals surface area contributed by atoms with E-state index in [9.17, 15) is 0 Å². The number of hydrogen-bond donors (Lipinski definition) is 1. The molecule has 2 aliphatic carbocycles. The maximum Gasteiger partial charge on any atom is 0.00107 e. The molecule has 0 amide bonds. The Morgan fingerprint density at radius 1 is 1.24 bits per heavy atom. The lowest BCUT2D eigenvalue weighted by molar-refractivity contribution is 0.397. The quantitative estimate of drug-likeness (QED) is 0.735. The highest BCUT2D eigenvalue weighted by molar-refractivity contribution is 5.29. The molecule has 0 aromatic heterocycles. The van der Waals surface area contributed by atoms with E-state index in [0.717, 1.165) is 11.8 Å². The zero-order valence-corrected chi connectivity index (χ0v) is 10.8. The Hall–Kier alpha value is -0.820. The summed E-state index contributed by atoms with van der Waals surface area (Å²) in [7, 11) is 0. The molecule has 1 aromatic carbocycles. The molecule has 1 aromatic rings. The van der Waals surface area contributed by atoms with Crippen molar-refractivity contribution >= 4 is 0 Å². The normalized spacial score (nSPS) is 29.0. The fraction of sp³-hybridized carbons (Fsp3) is 0.625. The second-order valence-corrected chi connectivity index (χ2v) is 5.90. The molecular weight excluding hydrogens is 206 g/mol. The molecule has 2 unspecified atom stereocenters. The van der Waals surface area contributed by atoms with Crippen LogP contribution in [-0.4, -0.2) is 13.1 Å². The molecule has 0 heterocycles. The molecule has 0 spiro atoms. The van der Waals surface area contributed by atoms with Crippen LogP contribution in [0.4, 0.5) is 0 Å². The van der Waals surface area contributed by atoms with Gasteiger partial charge in [0.2, 0.25) is 0 Å². The summed E-state index contributed by atoms with van der Waals surface area (Å²) < 4.78 is 0. The van der Waals surface area contributed by atoms with E-state index in [1.807, 2.05) is 0 Å². The fourth-order valence-electron chi connectivity index (χ4n) is 3.29. The van der Waals surface area contributed by atoms with Crippen molar-refractivity contribution in [2.45, 2.75) is 38.5 Å². The summed E-state index contributed by atoms with van der Waals surface area (Å²) >= 11 is 0. The molecule has 3 rings (SSSR count). The van der Waals surface area contributed by atoms with Crippen molar-refractivity contribution in [2.24, 2.45) is 11.3 Å². The first kappa shape index (κ1) is 11.3. The third kappa shape index (κ3) is 2.26. The molecule has 0 radical (unpaired) electrons. The van der Waals surface area contributed by atoms with E-state index in [1.54, 1.807) is 5.56 Å². The van der Waals surface area contributed by atoms with Gasteiger partial charge in [-0.05, 0) is 55.0 Å². The van der Waals surface area contributed by atoms with Gasteiger partial charge in [-0.25, -0.2) is 0 Å². The van der Waals surface area contributed by atoms with Crippen molar-refractivity contribution in [3.63, 3.8) is 0 Å². The lowest BCUT2D eigenvalue weighted by atomic mass is 9.96. The van der Waals surface area contributed by atoms with Crippen LogP contribution in [0.5, 0.6) is 0 Å². The zero-order valence-electron chi connectivity index (χ0n) is 10.8. The monoisotopic (exact) mass is 229 g/mol. The molecule has 2 fully saturated rings. The molecule has 2 saturated carbocycles. The van der Waals surface area contributed by atoms with Crippen LogP contribution < -0.4 is 5.32 Å². The predicted octanol–water partition coefficient (Wildman–Crippen LogP) is 3.57. The van der Waals surface area contributed by atoms with Gasteiger partial charge in [0, 0.05) is 6.54 Å². The molecule has 17 heavy (non-hydrogen) atoms. The van der Waals surface area contributed by atoms with Crippen LogP contribution in [0.25, 0.3) is 0 Å². The summed E-state index contributed by atoms with van der Waals surface area (Å²) in [6.45, 7) is 4.69. The number of hydrogen-bond acceptors (Lipinski definition) is 1. The summed E-state index contributed by atoms with van der Waals surface area (Å²) in [5.74, 6) is 1.83. The number of nitrogens with one attached hydrogen (secondary N) is 1. The van der Waals surface area contributed by atoms with Gasteiger partial charge in [-0.3, -0.25) is 0 Å². The topological polar surface area (TPSA) is 12.0 Å². The molecule has 0 aliphatic heterocycles. The number of benzene rings is 1. The number of rotatable bonds is 6. The highest BCUT2D eigenvalue weighted by atomic mass is 14.9. The van der Waals surface area contributed by atoms with Crippen LogP contribution in [0.1, 0.15) is 44.1 Å². The van der Waals surface area contributed by atoms with Gasteiger partial charge in [-0.15, -0.1) is 0 Å². The average molecular weight is 229 g/mol. The van der Waals surface area contributed by atoms with Gasteiger partial charge in [0.15, 0.2) is 0 Å². The third-order valence-electron chi connectivity index (χ3n) is 4.60. The van der Waals surface area contributed by atoms with Gasteiger partial charge in [-0.2, -0.15) is 0 Å². The lowest BCUT2D eigenvalue weighted by Gasteiger charge is -2.16. The highest BCUT2D eigenvalue weighted by Crippen LogP contribution is 2.67. The molecule has 2 aliphatic rings. The van der Waals surface area contributed by atoms with Gasteiger partial charge < -0.3 is 5.32 Å². The van der Waals surface area contributed by atoms with Gasteiger partial charge in [-0.1, -0.05) is 37.3 Å². The van der Waals surface area contributed by atoms with E-state index in [2.05, 4.69) is 42.6 Å². The van der Waals surface area contributed by atoms with Crippen molar-refractivity contribution in [2.75, 3.05) is 13.1 Å². The van der Waals surface area contributed by atoms with Gasteiger partial charge in [0.1, 0.15) is 0 Å². The van der Waals surface area contributed by atoms with E-state index in [1.165, 1.54) is 38.8 Å². The van der Waals surface area contributed by atoms with Crippen LogP contribution >= 0.6 is 0 Å². The zero-order chi connectivity index (χ0) is 11.7. The average Bonchev–Trinajstić information content (AvgIpc) is 3.25. The van der Waals surface area contributed by atoms with Crippen LogP contribution in [0.2, 0.25) is 0 Å². The standard InChI is InChI=1S/C16H23N/c1-2-10-17-12-16(8-9-16)15-11-14(15)13-6-4-3-5-7-13/h3-7,14-15,17H,2,8-12H2,1H3. The highest BCUT2D eigenvalue weighted by Gasteiger charge is 2.58. The molecule has 92 valence electrons. The smallest absolute Gasteiger partial charge is 0.00107 e. The Kier molecular flexibility index (Phi) is 2.96. The SMILES string of the molecule is CCCNCC1(C2CC2c2ccccc2)CC1. The van der Waals surface area contributed by atoms with E-state index in [0.29, 0.717) is 5.41 Å². The van der Waals surface area contributed by atoms with Crippen molar-refractivity contribution < 1.29 is 0 Å². The first-order valence-corrected chi connectivity index (χ1v) is 7.11. The Bertz CT molecular complexity index is 366. The summed E-state index contributed by atoms with van der Waals surface area (Å²) in [6.07, 6.45) is 5.59. The minimum Gasteiger partial charge on any atom is -0.316 e. The molecule has 1 N–H and O–H groups in total. The second kappa shape index (κ2) is 4.45. The second-order valence-electron chi connectivity index (χ2n) is 5.90. The summed E-state index contributed by atoms with van der Waals surface area (Å²) in [4.78, 5) is 0. The van der Waals surface area contributed by atoms with E-state index in [-0.39, 0.29) is 0 Å². The maximum atomic E-state index is 3.63. The molecule has 0 saturated heterocycles. The molecule has 1 heteroatoms. The Labute approximate surface area is 105 Å². The van der Waals surface area contributed by atoms with Crippen LogP contribution in [0.15, 0.2) is 30.3 Å². The minimum atomic E-state index is 0.676. The largest absolute Gasteiger partial charge is 0.316 e. The maximum absolute atomic E-state index is 3.63. The molecule has 0 bridgehead atoms. The van der Waals surface area contributed by atoms with Crippen LogP contribution in [0, 0.1) is 11.3 Å². The van der Waals surface area contributed by atoms with Gasteiger partial charge in [0.05, 0.1) is 0 Å². The predicted molar refractivity (Wildman–Crippen MR) is 72.1 cm³/mol. The van der Waals surface area contributed by atoms with Crippen LogP contribution in [-0.2, 0) is 0 Å².